The average Bonchev–Trinajstić information content (AvgIpc) is 2.77. The highest BCUT2D eigenvalue weighted by molar-refractivity contribution is 7.89. The first-order valence-corrected chi connectivity index (χ1v) is 12.4. The van der Waals surface area contributed by atoms with Crippen LogP contribution < -0.4 is 5.32 Å². The van der Waals surface area contributed by atoms with E-state index in [1.165, 1.54) is 29.2 Å². The van der Waals surface area contributed by atoms with Crippen molar-refractivity contribution in [1.29, 1.82) is 0 Å². The van der Waals surface area contributed by atoms with E-state index in [9.17, 15) is 22.4 Å². The quantitative estimate of drug-likeness (QED) is 0.636. The monoisotopic (exact) mass is 475 g/mol. The minimum absolute atomic E-state index is 0.0619. The molecule has 1 fully saturated rings. The van der Waals surface area contributed by atoms with Gasteiger partial charge in [0, 0.05) is 19.6 Å². The lowest BCUT2D eigenvalue weighted by molar-refractivity contribution is -0.153. The highest BCUT2D eigenvalue weighted by Crippen LogP contribution is 2.29. The second-order valence-corrected chi connectivity index (χ2v) is 10.8. The number of hydrogen-bond acceptors (Lipinski definition) is 4. The van der Waals surface area contributed by atoms with Crippen LogP contribution in [0.15, 0.2) is 59.5 Å². The smallest absolute Gasteiger partial charge is 0.247 e. The molecule has 0 bridgehead atoms. The summed E-state index contributed by atoms with van der Waals surface area (Å²) >= 11 is 0. The van der Waals surface area contributed by atoms with Gasteiger partial charge in [0.25, 0.3) is 0 Å². The number of rotatable bonds is 8. The van der Waals surface area contributed by atoms with E-state index in [2.05, 4.69) is 5.32 Å². The van der Waals surface area contributed by atoms with Crippen LogP contribution >= 0.6 is 0 Å². The highest BCUT2D eigenvalue weighted by Gasteiger charge is 2.50. The zero-order valence-corrected chi connectivity index (χ0v) is 19.9. The van der Waals surface area contributed by atoms with Gasteiger partial charge in [-0.1, -0.05) is 44.2 Å². The number of amides is 2. The molecule has 0 radical (unpaired) electrons. The average molecular weight is 476 g/mol. The van der Waals surface area contributed by atoms with Crippen molar-refractivity contribution in [3.63, 3.8) is 0 Å². The minimum Gasteiger partial charge on any atom is -0.354 e. The number of benzene rings is 2. The van der Waals surface area contributed by atoms with Crippen LogP contribution in [0.2, 0.25) is 0 Å². The number of carbonyl (C=O) groups excluding carboxylic acids is 2. The maximum Gasteiger partial charge on any atom is 0.247 e. The van der Waals surface area contributed by atoms with Crippen LogP contribution in [0, 0.1) is 11.7 Å². The van der Waals surface area contributed by atoms with Crippen molar-refractivity contribution in [3.8, 4) is 0 Å². The lowest BCUT2D eigenvalue weighted by Gasteiger charge is -2.46. The molecule has 1 heterocycles. The molecule has 2 amide bonds. The van der Waals surface area contributed by atoms with E-state index in [4.69, 9.17) is 0 Å². The van der Waals surface area contributed by atoms with Gasteiger partial charge in [0.2, 0.25) is 21.8 Å². The molecule has 2 aromatic carbocycles. The topological polar surface area (TPSA) is 86.8 Å². The van der Waals surface area contributed by atoms with Gasteiger partial charge in [-0.25, -0.2) is 12.8 Å². The van der Waals surface area contributed by atoms with E-state index in [-0.39, 0.29) is 24.5 Å². The Hall–Kier alpha value is -2.78. The molecule has 3 rings (SSSR count). The van der Waals surface area contributed by atoms with Gasteiger partial charge in [0.1, 0.15) is 11.4 Å². The molecule has 178 valence electrons. The third kappa shape index (κ3) is 5.59. The van der Waals surface area contributed by atoms with Crippen molar-refractivity contribution in [2.24, 2.45) is 5.92 Å². The first-order chi connectivity index (χ1) is 15.5. The summed E-state index contributed by atoms with van der Waals surface area (Å²) in [6.07, 6.45) is 0.750. The number of sulfonamides is 1. The maximum atomic E-state index is 13.4. The number of nitrogens with zero attached hydrogens (tertiary/aromatic N) is 2. The predicted octanol–water partition coefficient (Wildman–Crippen LogP) is 2.78. The van der Waals surface area contributed by atoms with Gasteiger partial charge >= 0.3 is 0 Å². The Morgan fingerprint density at radius 1 is 1.12 bits per heavy atom. The van der Waals surface area contributed by atoms with Crippen molar-refractivity contribution in [2.75, 3.05) is 19.6 Å². The molecule has 0 spiro atoms. The number of halogens is 1. The Labute approximate surface area is 194 Å². The number of piperazine rings is 1. The molecule has 0 aromatic heterocycles. The number of hydrogen-bond donors (Lipinski definition) is 1. The van der Waals surface area contributed by atoms with Gasteiger partial charge in [0.15, 0.2) is 0 Å². The minimum atomic E-state index is -3.98. The molecule has 1 N–H and O–H groups in total. The van der Waals surface area contributed by atoms with Crippen molar-refractivity contribution >= 4 is 21.8 Å². The zero-order valence-electron chi connectivity index (χ0n) is 19.1. The van der Waals surface area contributed by atoms with Gasteiger partial charge in [-0.2, -0.15) is 4.31 Å². The third-order valence-corrected chi connectivity index (χ3v) is 7.63. The normalized spacial score (nSPS) is 19.7. The van der Waals surface area contributed by atoms with Crippen molar-refractivity contribution in [1.82, 2.24) is 14.5 Å². The highest BCUT2D eigenvalue weighted by atomic mass is 32.2. The van der Waals surface area contributed by atoms with E-state index in [1.54, 1.807) is 37.3 Å². The third-order valence-electron chi connectivity index (χ3n) is 5.82. The fourth-order valence-electron chi connectivity index (χ4n) is 3.80. The van der Waals surface area contributed by atoms with Crippen molar-refractivity contribution < 1.29 is 22.4 Å². The lowest BCUT2D eigenvalue weighted by atomic mass is 9.94. The van der Waals surface area contributed by atoms with Crippen LogP contribution in [-0.2, 0) is 26.2 Å². The predicted molar refractivity (Wildman–Crippen MR) is 123 cm³/mol. The number of carbonyl (C=O) groups is 2. The maximum absolute atomic E-state index is 13.4. The fraction of sp³-hybridized carbons (Fsp3) is 0.417. The molecule has 9 heteroatoms. The molecule has 0 aliphatic carbocycles. The summed E-state index contributed by atoms with van der Waals surface area (Å²) in [7, 11) is -3.98. The van der Waals surface area contributed by atoms with Gasteiger partial charge in [-0.3, -0.25) is 9.59 Å². The van der Waals surface area contributed by atoms with E-state index < -0.39 is 33.2 Å². The van der Waals surface area contributed by atoms with E-state index >= 15 is 0 Å². The SMILES string of the molecule is CC(C)CCNC(=O)C1(C)CN(S(=O)(=O)c2ccccc2)CC(=O)N1Cc1ccc(F)cc1. The Kier molecular flexibility index (Phi) is 7.54. The standard InChI is InChI=1S/C24H30FN3O4S/c1-18(2)13-14-26-23(30)24(3)17-27(33(31,32)21-7-5-4-6-8-21)16-22(29)28(24)15-19-9-11-20(25)12-10-19/h4-12,18H,13-17H2,1-3H3,(H,26,30). The van der Waals surface area contributed by atoms with Gasteiger partial charge < -0.3 is 10.2 Å². The molecule has 7 nitrogen and oxygen atoms in total. The van der Waals surface area contributed by atoms with Crippen LogP contribution in [0.5, 0.6) is 0 Å². The second-order valence-electron chi connectivity index (χ2n) is 8.90. The van der Waals surface area contributed by atoms with Crippen LogP contribution in [-0.4, -0.2) is 54.6 Å². The number of nitrogens with one attached hydrogen (secondary N) is 1. The fourth-order valence-corrected chi connectivity index (χ4v) is 5.30. The largest absolute Gasteiger partial charge is 0.354 e. The second kappa shape index (κ2) is 10.0. The van der Waals surface area contributed by atoms with Crippen LogP contribution in [0.1, 0.15) is 32.8 Å². The van der Waals surface area contributed by atoms with Crippen LogP contribution in [0.3, 0.4) is 0 Å². The van der Waals surface area contributed by atoms with E-state index in [0.717, 1.165) is 10.7 Å². The molecule has 2 aromatic rings. The van der Waals surface area contributed by atoms with E-state index in [0.29, 0.717) is 18.0 Å². The van der Waals surface area contributed by atoms with Gasteiger partial charge in [0.05, 0.1) is 11.4 Å². The summed E-state index contributed by atoms with van der Waals surface area (Å²) < 4.78 is 40.9. The summed E-state index contributed by atoms with van der Waals surface area (Å²) in [6.45, 7) is 5.55. The van der Waals surface area contributed by atoms with Crippen LogP contribution in [0.25, 0.3) is 0 Å². The molecule has 1 unspecified atom stereocenters. The molecule has 1 atom stereocenters. The molecule has 1 aliphatic rings. The summed E-state index contributed by atoms with van der Waals surface area (Å²) in [5.74, 6) is -0.951. The molecular formula is C24H30FN3O4S. The lowest BCUT2D eigenvalue weighted by Crippen LogP contribution is -2.69. The van der Waals surface area contributed by atoms with Gasteiger partial charge in [-0.05, 0) is 49.1 Å². The van der Waals surface area contributed by atoms with Crippen molar-refractivity contribution in [3.05, 3.63) is 66.0 Å². The molecule has 1 aliphatic heterocycles. The first-order valence-electron chi connectivity index (χ1n) is 10.9. The first kappa shape index (κ1) is 24.9. The molecular weight excluding hydrogens is 445 g/mol. The summed E-state index contributed by atoms with van der Waals surface area (Å²) in [6, 6.07) is 13.5. The summed E-state index contributed by atoms with van der Waals surface area (Å²) in [5.41, 5.74) is -0.798. The Bertz CT molecular complexity index is 1090. The zero-order chi connectivity index (χ0) is 24.2. The Morgan fingerprint density at radius 3 is 2.36 bits per heavy atom. The molecule has 1 saturated heterocycles. The summed E-state index contributed by atoms with van der Waals surface area (Å²) in [5, 5.41) is 2.87. The molecule has 0 saturated carbocycles. The summed E-state index contributed by atoms with van der Waals surface area (Å²) in [4.78, 5) is 28.0. The van der Waals surface area contributed by atoms with Crippen LogP contribution in [0.4, 0.5) is 4.39 Å². The molecule has 33 heavy (non-hydrogen) atoms. The van der Waals surface area contributed by atoms with Crippen molar-refractivity contribution in [2.45, 2.75) is 44.2 Å². The Morgan fingerprint density at radius 2 is 1.76 bits per heavy atom. The van der Waals surface area contributed by atoms with Gasteiger partial charge in [-0.15, -0.1) is 0 Å². The van der Waals surface area contributed by atoms with E-state index in [1.807, 2.05) is 13.8 Å². The Balaban J connectivity index is 1.93.